The Balaban J connectivity index is 1.44. The van der Waals surface area contributed by atoms with Crippen molar-refractivity contribution in [2.45, 2.75) is 44.9 Å². The molecule has 1 unspecified atom stereocenters. The molecule has 3 aliphatic rings. The number of hydrogen-bond donors (Lipinski definition) is 1. The van der Waals surface area contributed by atoms with Crippen LogP contribution in [-0.2, 0) is 0 Å². The van der Waals surface area contributed by atoms with E-state index in [1.807, 2.05) is 12.1 Å². The average molecular weight is 385 g/mol. The van der Waals surface area contributed by atoms with Crippen LogP contribution >= 0.6 is 11.3 Å². The van der Waals surface area contributed by atoms with Gasteiger partial charge in [-0.1, -0.05) is 18.9 Å². The van der Waals surface area contributed by atoms with Gasteiger partial charge in [0.25, 0.3) is 0 Å². The van der Waals surface area contributed by atoms with Crippen LogP contribution < -0.4 is 5.73 Å². The summed E-state index contributed by atoms with van der Waals surface area (Å²) in [6, 6.07) is 4.07. The monoisotopic (exact) mass is 384 g/mol. The van der Waals surface area contributed by atoms with Crippen molar-refractivity contribution in [1.82, 2.24) is 9.80 Å². The number of thiophene rings is 1. The number of nitrogens with zero attached hydrogens (tertiary/aromatic N) is 3. The third-order valence-electron chi connectivity index (χ3n) is 6.09. The quantitative estimate of drug-likeness (QED) is 0.611. The topological polar surface area (TPSA) is 44.9 Å². The van der Waals surface area contributed by atoms with Crippen LogP contribution in [0.3, 0.4) is 0 Å². The first-order valence-electron chi connectivity index (χ1n) is 10.6. The summed E-state index contributed by atoms with van der Waals surface area (Å²) in [4.78, 5) is 11.1. The van der Waals surface area contributed by atoms with E-state index < -0.39 is 0 Å². The summed E-state index contributed by atoms with van der Waals surface area (Å²) in [5.41, 5.74) is 8.88. The smallest absolute Gasteiger partial charge is 0.141 e. The zero-order valence-electron chi connectivity index (χ0n) is 16.3. The molecule has 0 bridgehead atoms. The second-order valence-corrected chi connectivity index (χ2v) is 8.96. The van der Waals surface area contributed by atoms with Gasteiger partial charge in [-0.2, -0.15) is 0 Å². The molecule has 0 saturated carbocycles. The highest BCUT2D eigenvalue weighted by atomic mass is 32.1. The molecule has 2 saturated heterocycles. The fourth-order valence-corrected chi connectivity index (χ4v) is 5.21. The van der Waals surface area contributed by atoms with Gasteiger partial charge in [-0.3, -0.25) is 0 Å². The summed E-state index contributed by atoms with van der Waals surface area (Å²) in [5.74, 6) is 1.26. The number of likely N-dealkylation sites (tertiary alicyclic amines) is 2. The van der Waals surface area contributed by atoms with Crippen LogP contribution in [0.5, 0.6) is 0 Å². The van der Waals surface area contributed by atoms with E-state index >= 15 is 0 Å². The van der Waals surface area contributed by atoms with E-state index in [0.29, 0.717) is 11.8 Å². The fraction of sp³-hybridized carbons (Fsp3) is 0.591. The van der Waals surface area contributed by atoms with Crippen LogP contribution in [0.1, 0.15) is 49.8 Å². The first kappa shape index (κ1) is 18.8. The van der Waals surface area contributed by atoms with Gasteiger partial charge in [0.05, 0.1) is 4.88 Å². The molecular weight excluding hydrogens is 352 g/mol. The first-order chi connectivity index (χ1) is 13.3. The van der Waals surface area contributed by atoms with E-state index in [4.69, 9.17) is 10.7 Å². The van der Waals surface area contributed by atoms with Crippen LogP contribution in [0, 0.1) is 5.92 Å². The number of piperidine rings is 1. The Labute approximate surface area is 167 Å². The summed E-state index contributed by atoms with van der Waals surface area (Å²) < 4.78 is 0. The van der Waals surface area contributed by atoms with Gasteiger partial charge >= 0.3 is 0 Å². The molecule has 2 fully saturated rings. The molecule has 146 valence electrons. The average Bonchev–Trinajstić information content (AvgIpc) is 3.16. The lowest BCUT2D eigenvalue weighted by molar-refractivity contribution is 0.195. The number of fused-ring (bicyclic) bond motifs is 1. The second kappa shape index (κ2) is 9.07. The normalized spacial score (nSPS) is 24.8. The van der Waals surface area contributed by atoms with Crippen molar-refractivity contribution in [2.75, 3.05) is 32.7 Å². The van der Waals surface area contributed by atoms with Crippen molar-refractivity contribution in [3.05, 3.63) is 45.9 Å². The Bertz CT molecular complexity index is 698. The minimum atomic E-state index is 0.605. The summed E-state index contributed by atoms with van der Waals surface area (Å²) in [5, 5.41) is 2.05. The van der Waals surface area contributed by atoms with Crippen LogP contribution in [0.2, 0.25) is 0 Å². The summed E-state index contributed by atoms with van der Waals surface area (Å²) in [6.07, 6.45) is 13.6. The first-order valence-corrected chi connectivity index (χ1v) is 11.4. The van der Waals surface area contributed by atoms with Gasteiger partial charge in [-0.05, 0) is 68.8 Å². The van der Waals surface area contributed by atoms with Crippen LogP contribution in [0.4, 0.5) is 0 Å². The molecule has 2 N–H and O–H groups in total. The predicted molar refractivity (Wildman–Crippen MR) is 115 cm³/mol. The Morgan fingerprint density at radius 3 is 2.74 bits per heavy atom. The highest BCUT2D eigenvalue weighted by Crippen LogP contribution is 2.35. The van der Waals surface area contributed by atoms with Crippen molar-refractivity contribution in [3.63, 3.8) is 0 Å². The van der Waals surface area contributed by atoms with Crippen molar-refractivity contribution < 1.29 is 0 Å². The predicted octanol–water partition coefficient (Wildman–Crippen LogP) is 4.21. The lowest BCUT2D eigenvalue weighted by Gasteiger charge is -2.34. The van der Waals surface area contributed by atoms with Crippen molar-refractivity contribution in [2.24, 2.45) is 16.6 Å². The van der Waals surface area contributed by atoms with E-state index in [9.17, 15) is 0 Å². The molecule has 4 rings (SSSR count). The number of allylic oxidation sites excluding steroid dienone is 4. The third kappa shape index (κ3) is 4.82. The van der Waals surface area contributed by atoms with Crippen LogP contribution in [-0.4, -0.2) is 48.4 Å². The van der Waals surface area contributed by atoms with Gasteiger partial charge < -0.3 is 15.5 Å². The van der Waals surface area contributed by atoms with Crippen LogP contribution in [0.25, 0.3) is 0 Å². The van der Waals surface area contributed by atoms with Gasteiger partial charge in [-0.25, -0.2) is 4.99 Å². The Morgan fingerprint density at radius 1 is 1.07 bits per heavy atom. The van der Waals surface area contributed by atoms with Crippen LogP contribution in [0.15, 0.2) is 46.1 Å². The second-order valence-electron chi connectivity index (χ2n) is 8.01. The summed E-state index contributed by atoms with van der Waals surface area (Å²) in [6.45, 7) is 6.17. The highest BCUT2D eigenvalue weighted by molar-refractivity contribution is 7.12. The van der Waals surface area contributed by atoms with Crippen molar-refractivity contribution in [1.29, 1.82) is 0 Å². The number of rotatable bonds is 5. The number of nitrogens with two attached hydrogens (primary N) is 1. The maximum absolute atomic E-state index is 6.21. The van der Waals surface area contributed by atoms with E-state index in [2.05, 4.69) is 27.3 Å². The molecule has 4 nitrogen and oxygen atoms in total. The Morgan fingerprint density at radius 2 is 1.93 bits per heavy atom. The van der Waals surface area contributed by atoms with Gasteiger partial charge in [0.2, 0.25) is 0 Å². The van der Waals surface area contributed by atoms with Gasteiger partial charge in [0.15, 0.2) is 0 Å². The molecule has 3 heterocycles. The van der Waals surface area contributed by atoms with Gasteiger partial charge in [0, 0.05) is 36.9 Å². The molecule has 1 atom stereocenters. The lowest BCUT2D eigenvalue weighted by atomic mass is 9.90. The molecule has 1 aromatic heterocycles. The van der Waals surface area contributed by atoms with Gasteiger partial charge in [-0.15, -0.1) is 11.3 Å². The summed E-state index contributed by atoms with van der Waals surface area (Å²) in [7, 11) is 0. The number of hydrogen-bond acceptors (Lipinski definition) is 4. The molecule has 0 radical (unpaired) electrons. The molecular formula is C22H32N4S. The zero-order valence-corrected chi connectivity index (χ0v) is 17.1. The molecule has 5 heteroatoms. The van der Waals surface area contributed by atoms with E-state index in [1.165, 1.54) is 76.9 Å². The lowest BCUT2D eigenvalue weighted by Crippen LogP contribution is -2.38. The number of aliphatic imine (C=N–C) groups is 1. The van der Waals surface area contributed by atoms with Crippen molar-refractivity contribution in [3.8, 4) is 0 Å². The molecule has 1 aliphatic carbocycles. The fourth-order valence-electron chi connectivity index (χ4n) is 4.58. The molecule has 0 amide bonds. The molecule has 0 aromatic carbocycles. The molecule has 2 aliphatic heterocycles. The maximum Gasteiger partial charge on any atom is 0.141 e. The maximum atomic E-state index is 6.21. The molecule has 1 aromatic rings. The largest absolute Gasteiger partial charge is 0.383 e. The van der Waals surface area contributed by atoms with Crippen molar-refractivity contribution >= 4 is 17.2 Å². The van der Waals surface area contributed by atoms with Gasteiger partial charge in [0.1, 0.15) is 5.84 Å². The Hall–Kier alpha value is -1.59. The summed E-state index contributed by atoms with van der Waals surface area (Å²) >= 11 is 1.65. The zero-order chi connectivity index (χ0) is 18.5. The standard InChI is InChI=1S/C22H32N4S/c23-22(21-8-6-16-27-21)24-19-9-10-20-18(17-19)7-2-5-13-26(20)15-14-25-11-3-1-4-12-25/h6,8-10,16,18H,1-5,7,11-15,17H2,(H2,23,24). The van der Waals surface area contributed by atoms with E-state index in [1.54, 1.807) is 11.3 Å². The third-order valence-corrected chi connectivity index (χ3v) is 6.98. The molecule has 27 heavy (non-hydrogen) atoms. The van der Waals surface area contributed by atoms with E-state index in [-0.39, 0.29) is 0 Å². The van der Waals surface area contributed by atoms with E-state index in [0.717, 1.165) is 17.0 Å². The number of amidine groups is 1. The minimum Gasteiger partial charge on any atom is -0.383 e. The highest BCUT2D eigenvalue weighted by Gasteiger charge is 2.26. The molecule has 0 spiro atoms. The Kier molecular flexibility index (Phi) is 6.30. The minimum absolute atomic E-state index is 0.605. The SMILES string of the molecule is NC(=NC1=CC=C2C(CCCCN2CCN2CCCCC2)C1)c1cccs1.